The van der Waals surface area contributed by atoms with Crippen LogP contribution in [0.4, 0.5) is 0 Å². The molecule has 0 aromatic rings. The van der Waals surface area contributed by atoms with Gasteiger partial charge in [0.15, 0.2) is 0 Å². The highest BCUT2D eigenvalue weighted by Gasteiger charge is 2.33. The van der Waals surface area contributed by atoms with Crippen molar-refractivity contribution in [2.75, 3.05) is 6.61 Å². The van der Waals surface area contributed by atoms with Crippen molar-refractivity contribution in [3.63, 3.8) is 0 Å². The summed E-state index contributed by atoms with van der Waals surface area (Å²) in [6.45, 7) is 14.3. The highest BCUT2D eigenvalue weighted by atomic mass is 28.2. The second-order valence-electron chi connectivity index (χ2n) is 6.15. The number of rotatable bonds is 3. The van der Waals surface area contributed by atoms with Gasteiger partial charge in [-0.3, -0.25) is 0 Å². The van der Waals surface area contributed by atoms with Crippen LogP contribution in [0, 0.1) is 10.8 Å². The molecule has 0 rings (SSSR count). The Bertz CT molecular complexity index is 127. The van der Waals surface area contributed by atoms with Gasteiger partial charge in [0.25, 0.3) is 0 Å². The molecule has 0 aromatic heterocycles. The largest absolute Gasteiger partial charge is 0.397 e. The summed E-state index contributed by atoms with van der Waals surface area (Å²) < 4.78 is 0. The molecule has 0 spiro atoms. The molecule has 1 nitrogen and oxygen atoms in total. The molecule has 0 saturated heterocycles. The van der Waals surface area contributed by atoms with Gasteiger partial charge in [-0.15, -0.1) is 0 Å². The minimum atomic E-state index is -0.133. The standard InChI is InChI=1S/C11H26OSi/c1-10(2,3)9(11(4,5)6)13-8-7-12/h9,12H,7-8,13H2,1-6H3. The predicted molar refractivity (Wildman–Crippen MR) is 63.1 cm³/mol. The van der Waals surface area contributed by atoms with E-state index in [-0.39, 0.29) is 9.52 Å². The molecule has 0 bridgehead atoms. The van der Waals surface area contributed by atoms with E-state index in [4.69, 9.17) is 5.11 Å². The monoisotopic (exact) mass is 202 g/mol. The average molecular weight is 202 g/mol. The first-order valence-corrected chi connectivity index (χ1v) is 7.12. The maximum absolute atomic E-state index is 8.88. The Hall–Kier alpha value is 0.177. The summed E-state index contributed by atoms with van der Waals surface area (Å²) in [4.78, 5) is 0. The summed E-state index contributed by atoms with van der Waals surface area (Å²) in [7, 11) is -0.133. The first-order valence-electron chi connectivity index (χ1n) is 5.30. The third kappa shape index (κ3) is 4.82. The Morgan fingerprint density at radius 2 is 1.38 bits per heavy atom. The zero-order valence-electron chi connectivity index (χ0n) is 10.1. The van der Waals surface area contributed by atoms with Crippen LogP contribution in [0.2, 0.25) is 11.6 Å². The number of aliphatic hydroxyl groups is 1. The topological polar surface area (TPSA) is 20.2 Å². The molecule has 0 atom stereocenters. The first-order chi connectivity index (χ1) is 5.69. The lowest BCUT2D eigenvalue weighted by Crippen LogP contribution is -2.31. The van der Waals surface area contributed by atoms with Crippen LogP contribution in [0.25, 0.3) is 0 Å². The molecule has 80 valence electrons. The Labute approximate surface area is 85.8 Å². The molecule has 0 heterocycles. The molecule has 0 fully saturated rings. The van der Waals surface area contributed by atoms with Crippen molar-refractivity contribution in [1.82, 2.24) is 0 Å². The summed E-state index contributed by atoms with van der Waals surface area (Å²) in [6, 6.07) is 1.07. The van der Waals surface area contributed by atoms with Crippen molar-refractivity contribution in [3.05, 3.63) is 0 Å². The van der Waals surface area contributed by atoms with Crippen LogP contribution in [0.15, 0.2) is 0 Å². The highest BCUT2D eigenvalue weighted by molar-refractivity contribution is 6.38. The summed E-state index contributed by atoms with van der Waals surface area (Å²) in [5.41, 5.74) is 1.62. The molecule has 13 heavy (non-hydrogen) atoms. The fourth-order valence-electron chi connectivity index (χ4n) is 2.46. The van der Waals surface area contributed by atoms with E-state index in [0.29, 0.717) is 17.4 Å². The maximum atomic E-state index is 8.88. The number of hydrogen-bond acceptors (Lipinski definition) is 1. The molecule has 0 unspecified atom stereocenters. The number of hydrogen-bond donors (Lipinski definition) is 1. The molecule has 0 aromatic carbocycles. The van der Waals surface area contributed by atoms with Gasteiger partial charge in [0.05, 0.1) is 0 Å². The van der Waals surface area contributed by atoms with Crippen LogP contribution in [0.1, 0.15) is 41.5 Å². The van der Waals surface area contributed by atoms with Gasteiger partial charge < -0.3 is 5.11 Å². The molecule has 0 aliphatic carbocycles. The van der Waals surface area contributed by atoms with Gasteiger partial charge in [0.2, 0.25) is 0 Å². The summed E-state index contributed by atoms with van der Waals surface area (Å²) in [5, 5.41) is 8.88. The lowest BCUT2D eigenvalue weighted by molar-refractivity contribution is 0.229. The third-order valence-corrected chi connectivity index (χ3v) is 6.49. The summed E-state index contributed by atoms with van der Waals surface area (Å²) in [5.74, 6) is 0. The Kier molecular flexibility index (Phi) is 4.67. The maximum Gasteiger partial charge on any atom is 0.0402 e. The minimum Gasteiger partial charge on any atom is -0.397 e. The fourth-order valence-corrected chi connectivity index (χ4v) is 4.78. The molecule has 0 aliphatic heterocycles. The molecule has 0 radical (unpaired) electrons. The van der Waals surface area contributed by atoms with E-state index >= 15 is 0 Å². The van der Waals surface area contributed by atoms with Crippen molar-refractivity contribution in [2.24, 2.45) is 10.8 Å². The van der Waals surface area contributed by atoms with Gasteiger partial charge in [0, 0.05) is 16.1 Å². The third-order valence-electron chi connectivity index (χ3n) is 2.74. The smallest absolute Gasteiger partial charge is 0.0402 e. The van der Waals surface area contributed by atoms with Crippen LogP contribution < -0.4 is 0 Å². The number of aliphatic hydroxyl groups excluding tert-OH is 1. The zero-order chi connectivity index (χ0) is 10.7. The second kappa shape index (κ2) is 4.60. The van der Waals surface area contributed by atoms with Gasteiger partial charge in [-0.25, -0.2) is 0 Å². The van der Waals surface area contributed by atoms with Gasteiger partial charge in [-0.05, 0) is 22.4 Å². The lowest BCUT2D eigenvalue weighted by Gasteiger charge is -2.40. The highest BCUT2D eigenvalue weighted by Crippen LogP contribution is 2.44. The quantitative estimate of drug-likeness (QED) is 0.697. The van der Waals surface area contributed by atoms with Crippen LogP contribution in [0.5, 0.6) is 0 Å². The van der Waals surface area contributed by atoms with E-state index in [2.05, 4.69) is 41.5 Å². The average Bonchev–Trinajstić information content (AvgIpc) is 1.81. The van der Waals surface area contributed by atoms with Crippen molar-refractivity contribution in [2.45, 2.75) is 53.1 Å². The minimum absolute atomic E-state index is 0.133. The Morgan fingerprint density at radius 1 is 1.00 bits per heavy atom. The van der Waals surface area contributed by atoms with Crippen molar-refractivity contribution in [1.29, 1.82) is 0 Å². The Balaban J connectivity index is 4.39. The van der Waals surface area contributed by atoms with Crippen molar-refractivity contribution < 1.29 is 5.11 Å². The van der Waals surface area contributed by atoms with E-state index in [9.17, 15) is 0 Å². The molecular weight excluding hydrogens is 176 g/mol. The van der Waals surface area contributed by atoms with Gasteiger partial charge in [-0.1, -0.05) is 41.5 Å². The van der Waals surface area contributed by atoms with E-state index < -0.39 is 0 Å². The lowest BCUT2D eigenvalue weighted by atomic mass is 9.77. The molecule has 0 aliphatic rings. The summed E-state index contributed by atoms with van der Waals surface area (Å²) in [6.07, 6.45) is 0. The van der Waals surface area contributed by atoms with Crippen LogP contribution >= 0.6 is 0 Å². The molecule has 0 saturated carbocycles. The van der Waals surface area contributed by atoms with Crippen LogP contribution in [-0.4, -0.2) is 21.2 Å². The fraction of sp³-hybridized carbons (Fsp3) is 1.00. The molecule has 2 heteroatoms. The van der Waals surface area contributed by atoms with Gasteiger partial charge in [0.1, 0.15) is 0 Å². The van der Waals surface area contributed by atoms with Gasteiger partial charge >= 0.3 is 0 Å². The first kappa shape index (κ1) is 13.2. The van der Waals surface area contributed by atoms with E-state index in [1.165, 1.54) is 0 Å². The Morgan fingerprint density at radius 3 is 1.62 bits per heavy atom. The van der Waals surface area contributed by atoms with Crippen LogP contribution in [0.3, 0.4) is 0 Å². The van der Waals surface area contributed by atoms with Crippen molar-refractivity contribution >= 4 is 9.52 Å². The normalized spacial score (nSPS) is 14.8. The molecule has 1 N–H and O–H groups in total. The van der Waals surface area contributed by atoms with Crippen LogP contribution in [-0.2, 0) is 0 Å². The predicted octanol–water partition coefficient (Wildman–Crippen LogP) is 2.45. The SMILES string of the molecule is CC(C)(C)C([SiH2]CCO)C(C)(C)C. The zero-order valence-corrected chi connectivity index (χ0v) is 11.6. The van der Waals surface area contributed by atoms with E-state index in [1.807, 2.05) is 0 Å². The molecular formula is C11H26OSi. The molecule has 0 amide bonds. The van der Waals surface area contributed by atoms with E-state index in [1.54, 1.807) is 0 Å². The van der Waals surface area contributed by atoms with E-state index in [0.717, 1.165) is 11.6 Å². The van der Waals surface area contributed by atoms with Gasteiger partial charge in [-0.2, -0.15) is 0 Å². The second-order valence-corrected chi connectivity index (χ2v) is 8.25. The summed E-state index contributed by atoms with van der Waals surface area (Å²) >= 11 is 0. The van der Waals surface area contributed by atoms with Crippen molar-refractivity contribution in [3.8, 4) is 0 Å².